The predicted molar refractivity (Wildman–Crippen MR) is 129 cm³/mol. The summed E-state index contributed by atoms with van der Waals surface area (Å²) in [5, 5.41) is 15.2. The number of aryl methyl sites for hydroxylation is 1. The Labute approximate surface area is 200 Å². The molecule has 2 fully saturated rings. The monoisotopic (exact) mass is 481 g/mol. The number of benzene rings is 2. The van der Waals surface area contributed by atoms with Crippen molar-refractivity contribution in [2.75, 3.05) is 0 Å². The van der Waals surface area contributed by atoms with Crippen LogP contribution in [0.2, 0.25) is 0 Å². The summed E-state index contributed by atoms with van der Waals surface area (Å²) in [4.78, 5) is 12.8. The number of hydrogen-bond donors (Lipinski definition) is 2. The van der Waals surface area contributed by atoms with Crippen LogP contribution in [0.3, 0.4) is 0 Å². The molecule has 2 saturated carbocycles. The maximum Gasteiger partial charge on any atom is 0.338 e. The number of rotatable bonds is 4. The smallest absolute Gasteiger partial charge is 0.338 e. The molecule has 2 aromatic carbocycles. The van der Waals surface area contributed by atoms with E-state index in [1.165, 1.54) is 29.3 Å². The van der Waals surface area contributed by atoms with E-state index in [0.29, 0.717) is 17.6 Å². The van der Waals surface area contributed by atoms with E-state index in [9.17, 15) is 18.3 Å². The summed E-state index contributed by atoms with van der Waals surface area (Å²) >= 11 is 0. The van der Waals surface area contributed by atoms with Crippen LogP contribution in [0.25, 0.3) is 0 Å². The van der Waals surface area contributed by atoms with Crippen LogP contribution in [0.15, 0.2) is 60.0 Å². The van der Waals surface area contributed by atoms with Crippen LogP contribution in [-0.4, -0.2) is 25.6 Å². The maximum absolute atomic E-state index is 12.9. The molecule has 2 unspecified atom stereocenters. The molecule has 7 heteroatoms. The van der Waals surface area contributed by atoms with Gasteiger partial charge in [0.1, 0.15) is 11.9 Å². The summed E-state index contributed by atoms with van der Waals surface area (Å²) in [6.07, 6.45) is 7.40. The van der Waals surface area contributed by atoms with E-state index in [0.717, 1.165) is 38.5 Å². The minimum Gasteiger partial charge on any atom is -0.508 e. The predicted octanol–water partition coefficient (Wildman–Crippen LogP) is 4.46. The second-order valence-electron chi connectivity index (χ2n) is 10.5. The van der Waals surface area contributed by atoms with E-state index < -0.39 is 16.0 Å². The molecule has 2 aromatic rings. The van der Waals surface area contributed by atoms with Gasteiger partial charge in [0.25, 0.3) is 0 Å². The molecule has 5 rings (SSSR count). The average molecular weight is 482 g/mol. The van der Waals surface area contributed by atoms with Crippen molar-refractivity contribution in [2.24, 2.45) is 22.4 Å². The maximum atomic E-state index is 12.9. The van der Waals surface area contributed by atoms with E-state index in [1.807, 2.05) is 6.07 Å². The molecule has 0 spiro atoms. The third kappa shape index (κ3) is 3.66. The number of hydrogen-bond acceptors (Lipinski definition) is 5. The van der Waals surface area contributed by atoms with Gasteiger partial charge in [-0.3, -0.25) is 0 Å². The van der Waals surface area contributed by atoms with E-state index in [-0.39, 0.29) is 27.4 Å². The quantitative estimate of drug-likeness (QED) is 0.495. The highest BCUT2D eigenvalue weighted by atomic mass is 32.2. The molecule has 0 heterocycles. The standard InChI is InChI=1S/C27H31NO5S/c1-3-27-12-11-26(2)16-20(33-25(30)18-5-4-6-21(14-18)34(28,31)32)15-24(26)23(27)9-7-17-13-19(29)8-10-22(17)27/h3-6,8,10,13-14,20,23-24,29H,1,7,9,11-12,15-16H2,2H3,(H2,28,31,32)/t20-,23?,24?,26+,27+/m0/s1. The molecule has 3 aliphatic carbocycles. The number of phenols is 1. The Balaban J connectivity index is 1.39. The van der Waals surface area contributed by atoms with Crippen molar-refractivity contribution >= 4 is 16.0 Å². The number of carbonyl (C=O) groups is 1. The number of carbonyl (C=O) groups excluding carboxylic acids is 1. The van der Waals surface area contributed by atoms with Crippen LogP contribution in [0.1, 0.15) is 60.5 Å². The molecular formula is C27H31NO5S. The molecule has 6 nitrogen and oxygen atoms in total. The van der Waals surface area contributed by atoms with E-state index in [1.54, 1.807) is 12.1 Å². The number of allylic oxidation sites excluding steroid dienone is 1. The molecule has 180 valence electrons. The number of esters is 1. The zero-order valence-electron chi connectivity index (χ0n) is 19.4. The normalized spacial score (nSPS) is 32.2. The Morgan fingerprint density at radius 2 is 2.00 bits per heavy atom. The number of nitrogens with two attached hydrogens (primary N) is 1. The largest absolute Gasteiger partial charge is 0.508 e. The van der Waals surface area contributed by atoms with Crippen molar-refractivity contribution in [1.82, 2.24) is 0 Å². The Kier molecular flexibility index (Phi) is 5.41. The van der Waals surface area contributed by atoms with Crippen molar-refractivity contribution in [3.8, 4) is 5.75 Å². The van der Waals surface area contributed by atoms with Gasteiger partial charge in [0.15, 0.2) is 0 Å². The number of primary sulfonamides is 1. The zero-order chi connectivity index (χ0) is 24.3. The highest BCUT2D eigenvalue weighted by Crippen LogP contribution is 2.64. The summed E-state index contributed by atoms with van der Waals surface area (Å²) in [5.74, 6) is 0.568. The number of ether oxygens (including phenoxy) is 1. The third-order valence-electron chi connectivity index (χ3n) is 8.71. The van der Waals surface area contributed by atoms with E-state index >= 15 is 0 Å². The molecular weight excluding hydrogens is 450 g/mol. The Hall–Kier alpha value is -2.64. The lowest BCUT2D eigenvalue weighted by molar-refractivity contribution is 0.0267. The summed E-state index contributed by atoms with van der Waals surface area (Å²) < 4.78 is 29.3. The second-order valence-corrected chi connectivity index (χ2v) is 12.1. The number of sulfonamides is 1. The first-order chi connectivity index (χ1) is 16.1. The first-order valence-electron chi connectivity index (χ1n) is 11.9. The fourth-order valence-corrected chi connectivity index (χ4v) is 7.67. The van der Waals surface area contributed by atoms with Gasteiger partial charge in [0, 0.05) is 5.41 Å². The zero-order valence-corrected chi connectivity index (χ0v) is 20.2. The Morgan fingerprint density at radius 1 is 1.21 bits per heavy atom. The van der Waals surface area contributed by atoms with Gasteiger partial charge in [-0.1, -0.05) is 25.1 Å². The van der Waals surface area contributed by atoms with Crippen LogP contribution in [0.5, 0.6) is 5.75 Å². The van der Waals surface area contributed by atoms with Gasteiger partial charge in [-0.15, -0.1) is 6.58 Å². The molecule has 5 atom stereocenters. The SMILES string of the molecule is C=C[C@]12CC[C@]3(C)C[C@@H](OC(=O)c4cccc(S(N)(=O)=O)c4)CC3C1CCc1cc(O)ccc12. The molecule has 0 radical (unpaired) electrons. The van der Waals surface area contributed by atoms with Crippen molar-refractivity contribution < 1.29 is 23.1 Å². The van der Waals surface area contributed by atoms with Gasteiger partial charge < -0.3 is 9.84 Å². The van der Waals surface area contributed by atoms with Gasteiger partial charge in [0.05, 0.1) is 10.5 Å². The van der Waals surface area contributed by atoms with Crippen molar-refractivity contribution in [3.05, 3.63) is 71.8 Å². The lowest BCUT2D eigenvalue weighted by atomic mass is 9.49. The van der Waals surface area contributed by atoms with Crippen LogP contribution in [0.4, 0.5) is 0 Å². The van der Waals surface area contributed by atoms with Gasteiger partial charge in [-0.05, 0) is 97.2 Å². The van der Waals surface area contributed by atoms with E-state index in [4.69, 9.17) is 9.88 Å². The number of aromatic hydroxyl groups is 1. The van der Waals surface area contributed by atoms with Crippen LogP contribution in [0, 0.1) is 17.3 Å². The van der Waals surface area contributed by atoms with Crippen molar-refractivity contribution in [2.45, 2.75) is 61.9 Å². The highest BCUT2D eigenvalue weighted by molar-refractivity contribution is 7.89. The van der Waals surface area contributed by atoms with E-state index in [2.05, 4.69) is 25.6 Å². The summed E-state index contributed by atoms with van der Waals surface area (Å²) in [6.45, 7) is 6.56. The first kappa shape index (κ1) is 23.1. The number of phenolic OH excluding ortho intramolecular Hbond substituents is 1. The van der Waals surface area contributed by atoms with Gasteiger partial charge >= 0.3 is 5.97 Å². The van der Waals surface area contributed by atoms with Crippen LogP contribution < -0.4 is 5.14 Å². The van der Waals surface area contributed by atoms with Gasteiger partial charge in [0.2, 0.25) is 10.0 Å². The molecule has 0 amide bonds. The van der Waals surface area contributed by atoms with Crippen molar-refractivity contribution in [1.29, 1.82) is 0 Å². The lowest BCUT2D eigenvalue weighted by Gasteiger charge is -2.55. The summed E-state index contributed by atoms with van der Waals surface area (Å²) in [6, 6.07) is 11.4. The first-order valence-corrected chi connectivity index (χ1v) is 13.4. The van der Waals surface area contributed by atoms with Gasteiger partial charge in [-0.25, -0.2) is 18.4 Å². The minimum atomic E-state index is -3.90. The summed E-state index contributed by atoms with van der Waals surface area (Å²) in [7, 11) is -3.90. The molecule has 0 saturated heterocycles. The fourth-order valence-electron chi connectivity index (χ4n) is 7.11. The average Bonchev–Trinajstić information content (AvgIpc) is 3.13. The molecule has 3 N–H and O–H groups in total. The second kappa shape index (κ2) is 7.95. The van der Waals surface area contributed by atoms with Gasteiger partial charge in [-0.2, -0.15) is 0 Å². The molecule has 0 bridgehead atoms. The highest BCUT2D eigenvalue weighted by Gasteiger charge is 2.58. The minimum absolute atomic E-state index is 0.0684. The topological polar surface area (TPSA) is 107 Å². The molecule has 0 aliphatic heterocycles. The van der Waals surface area contributed by atoms with Crippen molar-refractivity contribution in [3.63, 3.8) is 0 Å². The Bertz CT molecular complexity index is 1270. The van der Waals surface area contributed by atoms with Crippen LogP contribution >= 0.6 is 0 Å². The van der Waals surface area contributed by atoms with Crippen LogP contribution in [-0.2, 0) is 26.6 Å². The molecule has 3 aliphatic rings. The fraction of sp³-hybridized carbons (Fsp3) is 0.444. The summed E-state index contributed by atoms with van der Waals surface area (Å²) in [5.41, 5.74) is 2.61. The number of fused-ring (bicyclic) bond motifs is 5. The molecule has 0 aromatic heterocycles. The molecule has 34 heavy (non-hydrogen) atoms. The third-order valence-corrected chi connectivity index (χ3v) is 9.63. The Morgan fingerprint density at radius 3 is 2.74 bits per heavy atom. The lowest BCUT2D eigenvalue weighted by Crippen LogP contribution is -2.49.